The number of para-hydroxylation sites is 1. The van der Waals surface area contributed by atoms with E-state index in [1.807, 2.05) is 36.4 Å². The van der Waals surface area contributed by atoms with Gasteiger partial charge in [0.15, 0.2) is 0 Å². The molecule has 0 saturated heterocycles. The summed E-state index contributed by atoms with van der Waals surface area (Å²) in [5.74, 6) is 0.719. The SMILES string of the molecule is NCC=CCOc1ccccc1CO. The summed E-state index contributed by atoms with van der Waals surface area (Å²) < 4.78 is 5.43. The summed E-state index contributed by atoms with van der Waals surface area (Å²) >= 11 is 0. The van der Waals surface area contributed by atoms with E-state index in [4.69, 9.17) is 15.6 Å². The lowest BCUT2D eigenvalue weighted by atomic mass is 10.2. The van der Waals surface area contributed by atoms with Gasteiger partial charge >= 0.3 is 0 Å². The van der Waals surface area contributed by atoms with E-state index in [1.165, 1.54) is 0 Å². The number of benzene rings is 1. The lowest BCUT2D eigenvalue weighted by molar-refractivity contribution is 0.270. The Morgan fingerprint density at radius 2 is 2.07 bits per heavy atom. The van der Waals surface area contributed by atoms with E-state index >= 15 is 0 Å². The predicted molar refractivity (Wildman–Crippen MR) is 56.1 cm³/mol. The van der Waals surface area contributed by atoms with E-state index in [9.17, 15) is 0 Å². The van der Waals surface area contributed by atoms with Crippen LogP contribution in [0.25, 0.3) is 0 Å². The molecule has 0 unspecified atom stereocenters. The molecule has 1 rings (SSSR count). The molecule has 76 valence electrons. The third kappa shape index (κ3) is 3.20. The second kappa shape index (κ2) is 6.18. The zero-order chi connectivity index (χ0) is 10.2. The zero-order valence-corrected chi connectivity index (χ0v) is 8.02. The minimum atomic E-state index is -0.00320. The Morgan fingerprint density at radius 3 is 2.79 bits per heavy atom. The topological polar surface area (TPSA) is 55.5 Å². The molecule has 0 aliphatic carbocycles. The van der Waals surface area contributed by atoms with Gasteiger partial charge in [0.25, 0.3) is 0 Å². The molecule has 0 amide bonds. The van der Waals surface area contributed by atoms with Crippen LogP contribution in [0.4, 0.5) is 0 Å². The van der Waals surface area contributed by atoms with Crippen LogP contribution in [0.3, 0.4) is 0 Å². The first-order valence-corrected chi connectivity index (χ1v) is 4.55. The quantitative estimate of drug-likeness (QED) is 0.688. The molecule has 14 heavy (non-hydrogen) atoms. The van der Waals surface area contributed by atoms with Crippen LogP contribution in [0.2, 0.25) is 0 Å². The molecular formula is C11H15NO2. The highest BCUT2D eigenvalue weighted by atomic mass is 16.5. The molecule has 0 aliphatic heterocycles. The number of rotatable bonds is 5. The van der Waals surface area contributed by atoms with E-state index in [1.54, 1.807) is 0 Å². The van der Waals surface area contributed by atoms with Crippen molar-refractivity contribution in [3.8, 4) is 5.75 Å². The monoisotopic (exact) mass is 193 g/mol. The summed E-state index contributed by atoms with van der Waals surface area (Å²) in [5.41, 5.74) is 6.08. The fourth-order valence-electron chi connectivity index (χ4n) is 1.08. The van der Waals surface area contributed by atoms with Crippen molar-refractivity contribution >= 4 is 0 Å². The minimum absolute atomic E-state index is 0.00320. The van der Waals surface area contributed by atoms with Crippen LogP contribution in [0.5, 0.6) is 5.75 Å². The molecule has 0 saturated carbocycles. The smallest absolute Gasteiger partial charge is 0.125 e. The molecule has 0 radical (unpaired) electrons. The van der Waals surface area contributed by atoms with E-state index in [0.717, 1.165) is 11.3 Å². The van der Waals surface area contributed by atoms with E-state index in [0.29, 0.717) is 13.2 Å². The second-order valence-corrected chi connectivity index (χ2v) is 2.78. The van der Waals surface area contributed by atoms with Gasteiger partial charge in [0, 0.05) is 12.1 Å². The maximum atomic E-state index is 9.00. The van der Waals surface area contributed by atoms with Crippen LogP contribution in [0.1, 0.15) is 5.56 Å². The molecule has 1 aromatic carbocycles. The fourth-order valence-corrected chi connectivity index (χ4v) is 1.08. The summed E-state index contributed by atoms with van der Waals surface area (Å²) in [4.78, 5) is 0. The van der Waals surface area contributed by atoms with Gasteiger partial charge < -0.3 is 15.6 Å². The van der Waals surface area contributed by atoms with Gasteiger partial charge in [-0.05, 0) is 6.07 Å². The third-order valence-electron chi connectivity index (χ3n) is 1.78. The Kier molecular flexibility index (Phi) is 4.75. The molecular weight excluding hydrogens is 178 g/mol. The Morgan fingerprint density at radius 1 is 1.29 bits per heavy atom. The lowest BCUT2D eigenvalue weighted by Gasteiger charge is -2.07. The molecule has 0 aromatic heterocycles. The number of nitrogens with two attached hydrogens (primary N) is 1. The largest absolute Gasteiger partial charge is 0.489 e. The standard InChI is InChI=1S/C11H15NO2/c12-7-3-4-8-14-11-6-2-1-5-10(11)9-13/h1-6,13H,7-9,12H2. The van der Waals surface area contributed by atoms with Crippen molar-refractivity contribution in [1.29, 1.82) is 0 Å². The van der Waals surface area contributed by atoms with Gasteiger partial charge in [-0.3, -0.25) is 0 Å². The third-order valence-corrected chi connectivity index (χ3v) is 1.78. The van der Waals surface area contributed by atoms with Gasteiger partial charge in [0.2, 0.25) is 0 Å². The van der Waals surface area contributed by atoms with Crippen LogP contribution >= 0.6 is 0 Å². The Bertz CT molecular complexity index is 297. The first kappa shape index (κ1) is 10.8. The Balaban J connectivity index is 2.53. The number of aliphatic hydroxyl groups is 1. The van der Waals surface area contributed by atoms with Crippen molar-refractivity contribution in [1.82, 2.24) is 0 Å². The van der Waals surface area contributed by atoms with Crippen LogP contribution in [-0.2, 0) is 6.61 Å². The highest BCUT2D eigenvalue weighted by molar-refractivity contribution is 5.32. The van der Waals surface area contributed by atoms with Crippen molar-refractivity contribution in [2.75, 3.05) is 13.2 Å². The zero-order valence-electron chi connectivity index (χ0n) is 8.02. The van der Waals surface area contributed by atoms with Crippen molar-refractivity contribution in [2.24, 2.45) is 5.73 Å². The van der Waals surface area contributed by atoms with Gasteiger partial charge in [-0.25, -0.2) is 0 Å². The first-order chi connectivity index (χ1) is 6.88. The number of aliphatic hydroxyl groups excluding tert-OH is 1. The van der Waals surface area contributed by atoms with Crippen molar-refractivity contribution in [3.63, 3.8) is 0 Å². The van der Waals surface area contributed by atoms with E-state index < -0.39 is 0 Å². The highest BCUT2D eigenvalue weighted by Crippen LogP contribution is 2.17. The summed E-state index contributed by atoms with van der Waals surface area (Å²) in [5, 5.41) is 9.00. The van der Waals surface area contributed by atoms with Crippen LogP contribution in [0.15, 0.2) is 36.4 Å². The average Bonchev–Trinajstić information content (AvgIpc) is 2.25. The normalized spacial score (nSPS) is 10.7. The van der Waals surface area contributed by atoms with Crippen molar-refractivity contribution < 1.29 is 9.84 Å². The minimum Gasteiger partial charge on any atom is -0.489 e. The van der Waals surface area contributed by atoms with Gasteiger partial charge in [-0.1, -0.05) is 30.4 Å². The average molecular weight is 193 g/mol. The molecule has 0 bridgehead atoms. The molecule has 0 atom stereocenters. The van der Waals surface area contributed by atoms with Crippen LogP contribution in [-0.4, -0.2) is 18.3 Å². The van der Waals surface area contributed by atoms with Crippen LogP contribution in [0, 0.1) is 0 Å². The van der Waals surface area contributed by atoms with Crippen molar-refractivity contribution in [3.05, 3.63) is 42.0 Å². The maximum absolute atomic E-state index is 9.00. The number of ether oxygens (including phenoxy) is 1. The molecule has 3 heteroatoms. The van der Waals surface area contributed by atoms with E-state index in [-0.39, 0.29) is 6.61 Å². The number of hydrogen-bond acceptors (Lipinski definition) is 3. The van der Waals surface area contributed by atoms with Crippen LogP contribution < -0.4 is 10.5 Å². The van der Waals surface area contributed by atoms with Gasteiger partial charge in [0.05, 0.1) is 6.61 Å². The lowest BCUT2D eigenvalue weighted by Crippen LogP contribution is -1.99. The first-order valence-electron chi connectivity index (χ1n) is 4.55. The Hall–Kier alpha value is -1.32. The number of hydrogen-bond donors (Lipinski definition) is 2. The maximum Gasteiger partial charge on any atom is 0.125 e. The summed E-state index contributed by atoms with van der Waals surface area (Å²) in [6.45, 7) is 0.996. The molecule has 0 spiro atoms. The molecule has 0 heterocycles. The van der Waals surface area contributed by atoms with Gasteiger partial charge in [-0.2, -0.15) is 0 Å². The molecule has 3 N–H and O–H groups in total. The van der Waals surface area contributed by atoms with Gasteiger partial charge in [0.1, 0.15) is 12.4 Å². The second-order valence-electron chi connectivity index (χ2n) is 2.78. The van der Waals surface area contributed by atoms with Crippen molar-refractivity contribution in [2.45, 2.75) is 6.61 Å². The predicted octanol–water partition coefficient (Wildman–Crippen LogP) is 1.07. The summed E-state index contributed by atoms with van der Waals surface area (Å²) in [6.07, 6.45) is 3.69. The molecule has 0 fully saturated rings. The Labute approximate surface area is 83.8 Å². The summed E-state index contributed by atoms with van der Waals surface area (Å²) in [7, 11) is 0. The van der Waals surface area contributed by atoms with E-state index in [2.05, 4.69) is 0 Å². The van der Waals surface area contributed by atoms with Gasteiger partial charge in [-0.15, -0.1) is 0 Å². The summed E-state index contributed by atoms with van der Waals surface area (Å²) in [6, 6.07) is 7.42. The molecule has 3 nitrogen and oxygen atoms in total. The fraction of sp³-hybridized carbons (Fsp3) is 0.273. The highest BCUT2D eigenvalue weighted by Gasteiger charge is 1.98. The molecule has 1 aromatic rings. The molecule has 0 aliphatic rings.